The van der Waals surface area contributed by atoms with Gasteiger partial charge in [0, 0.05) is 0 Å². The van der Waals surface area contributed by atoms with Gasteiger partial charge >= 0.3 is 5.97 Å². The van der Waals surface area contributed by atoms with Gasteiger partial charge in [0.15, 0.2) is 0 Å². The summed E-state index contributed by atoms with van der Waals surface area (Å²) in [4.78, 5) is 10.5. The molecule has 0 saturated carbocycles. The quantitative estimate of drug-likeness (QED) is 0.619. The fourth-order valence-corrected chi connectivity index (χ4v) is 0.924. The van der Waals surface area contributed by atoms with Crippen molar-refractivity contribution < 1.29 is 14.6 Å². The van der Waals surface area contributed by atoms with Crippen LogP contribution in [0.2, 0.25) is 0 Å². The molecule has 0 aromatic heterocycles. The SMILES string of the molecule is C=CCOC(C)CCC(C)C(=O)O. The van der Waals surface area contributed by atoms with Crippen molar-refractivity contribution in [1.82, 2.24) is 0 Å². The van der Waals surface area contributed by atoms with E-state index in [0.717, 1.165) is 6.42 Å². The van der Waals surface area contributed by atoms with E-state index in [0.29, 0.717) is 13.0 Å². The summed E-state index contributed by atoms with van der Waals surface area (Å²) in [6.45, 7) is 7.72. The van der Waals surface area contributed by atoms with E-state index in [1.165, 1.54) is 0 Å². The highest BCUT2D eigenvalue weighted by molar-refractivity contribution is 5.69. The molecule has 0 radical (unpaired) electrons. The highest BCUT2D eigenvalue weighted by Crippen LogP contribution is 2.09. The topological polar surface area (TPSA) is 46.5 Å². The van der Waals surface area contributed by atoms with E-state index in [-0.39, 0.29) is 12.0 Å². The van der Waals surface area contributed by atoms with E-state index in [4.69, 9.17) is 9.84 Å². The van der Waals surface area contributed by atoms with E-state index in [1.54, 1.807) is 13.0 Å². The molecule has 13 heavy (non-hydrogen) atoms. The Morgan fingerprint density at radius 2 is 2.15 bits per heavy atom. The van der Waals surface area contributed by atoms with Crippen molar-refractivity contribution in [3.05, 3.63) is 12.7 Å². The first kappa shape index (κ1) is 12.2. The Labute approximate surface area is 79.4 Å². The predicted molar refractivity (Wildman–Crippen MR) is 51.6 cm³/mol. The molecule has 0 aliphatic heterocycles. The summed E-state index contributed by atoms with van der Waals surface area (Å²) in [7, 11) is 0. The second-order valence-electron chi connectivity index (χ2n) is 3.25. The molecule has 3 heteroatoms. The van der Waals surface area contributed by atoms with Crippen LogP contribution >= 0.6 is 0 Å². The molecule has 0 rings (SSSR count). The first-order valence-corrected chi connectivity index (χ1v) is 4.53. The lowest BCUT2D eigenvalue weighted by Gasteiger charge is -2.12. The molecule has 3 nitrogen and oxygen atoms in total. The molecule has 2 atom stereocenters. The van der Waals surface area contributed by atoms with Crippen molar-refractivity contribution in [2.75, 3.05) is 6.61 Å². The zero-order chi connectivity index (χ0) is 10.3. The fraction of sp³-hybridized carbons (Fsp3) is 0.700. The molecule has 0 aromatic rings. The fourth-order valence-electron chi connectivity index (χ4n) is 0.924. The molecule has 0 aromatic carbocycles. The van der Waals surface area contributed by atoms with Crippen LogP contribution in [0.25, 0.3) is 0 Å². The number of carbonyl (C=O) groups is 1. The Bertz CT molecular complexity index is 166. The first-order valence-electron chi connectivity index (χ1n) is 4.53. The summed E-state index contributed by atoms with van der Waals surface area (Å²) >= 11 is 0. The molecule has 0 spiro atoms. The molecule has 0 aliphatic carbocycles. The van der Waals surface area contributed by atoms with Gasteiger partial charge in [-0.3, -0.25) is 4.79 Å². The van der Waals surface area contributed by atoms with Gasteiger partial charge in [0.25, 0.3) is 0 Å². The summed E-state index contributed by atoms with van der Waals surface area (Å²) in [6.07, 6.45) is 3.24. The number of ether oxygens (including phenoxy) is 1. The lowest BCUT2D eigenvalue weighted by Crippen LogP contribution is -2.14. The monoisotopic (exact) mass is 186 g/mol. The average molecular weight is 186 g/mol. The molecule has 0 fully saturated rings. The number of carboxylic acid groups (broad SMARTS) is 1. The third-order valence-electron chi connectivity index (χ3n) is 1.93. The highest BCUT2D eigenvalue weighted by Gasteiger charge is 2.12. The molecule has 0 bridgehead atoms. The van der Waals surface area contributed by atoms with Crippen LogP contribution in [-0.4, -0.2) is 23.8 Å². The van der Waals surface area contributed by atoms with Crippen LogP contribution in [-0.2, 0) is 9.53 Å². The van der Waals surface area contributed by atoms with Crippen molar-refractivity contribution in [3.8, 4) is 0 Å². The lowest BCUT2D eigenvalue weighted by molar-refractivity contribution is -0.141. The molecule has 76 valence electrons. The lowest BCUT2D eigenvalue weighted by atomic mass is 10.0. The Morgan fingerprint density at radius 3 is 2.62 bits per heavy atom. The summed E-state index contributed by atoms with van der Waals surface area (Å²) in [5.41, 5.74) is 0. The van der Waals surface area contributed by atoms with Gasteiger partial charge in [-0.25, -0.2) is 0 Å². The zero-order valence-corrected chi connectivity index (χ0v) is 8.32. The largest absolute Gasteiger partial charge is 0.481 e. The minimum Gasteiger partial charge on any atom is -0.481 e. The van der Waals surface area contributed by atoms with Crippen molar-refractivity contribution >= 4 is 5.97 Å². The zero-order valence-electron chi connectivity index (χ0n) is 8.32. The van der Waals surface area contributed by atoms with E-state index in [1.807, 2.05) is 6.92 Å². The van der Waals surface area contributed by atoms with E-state index in [2.05, 4.69) is 6.58 Å². The number of rotatable bonds is 7. The molecular weight excluding hydrogens is 168 g/mol. The van der Waals surface area contributed by atoms with Gasteiger partial charge in [-0.1, -0.05) is 13.0 Å². The van der Waals surface area contributed by atoms with Gasteiger partial charge in [-0.2, -0.15) is 0 Å². The highest BCUT2D eigenvalue weighted by atomic mass is 16.5. The van der Waals surface area contributed by atoms with Crippen LogP contribution in [0, 0.1) is 5.92 Å². The second kappa shape index (κ2) is 6.66. The molecule has 0 heterocycles. The summed E-state index contributed by atoms with van der Waals surface area (Å²) in [5.74, 6) is -1.02. The van der Waals surface area contributed by atoms with Crippen molar-refractivity contribution in [1.29, 1.82) is 0 Å². The maximum Gasteiger partial charge on any atom is 0.306 e. The van der Waals surface area contributed by atoms with Crippen molar-refractivity contribution in [3.63, 3.8) is 0 Å². The van der Waals surface area contributed by atoms with Crippen LogP contribution in [0.15, 0.2) is 12.7 Å². The van der Waals surface area contributed by atoms with Gasteiger partial charge in [0.2, 0.25) is 0 Å². The predicted octanol–water partition coefficient (Wildman–Crippen LogP) is 2.08. The maximum absolute atomic E-state index is 10.5. The number of aliphatic carboxylic acids is 1. The Balaban J connectivity index is 3.50. The van der Waals surface area contributed by atoms with Gasteiger partial charge in [-0.15, -0.1) is 6.58 Å². The van der Waals surface area contributed by atoms with Gasteiger partial charge in [0.05, 0.1) is 18.6 Å². The Morgan fingerprint density at radius 1 is 1.54 bits per heavy atom. The minimum absolute atomic E-state index is 0.111. The van der Waals surface area contributed by atoms with Gasteiger partial charge in [-0.05, 0) is 19.8 Å². The smallest absolute Gasteiger partial charge is 0.306 e. The molecule has 0 aliphatic rings. The molecule has 0 amide bonds. The molecule has 1 N–H and O–H groups in total. The van der Waals surface area contributed by atoms with Crippen LogP contribution < -0.4 is 0 Å². The third-order valence-corrected chi connectivity index (χ3v) is 1.93. The van der Waals surface area contributed by atoms with E-state index in [9.17, 15) is 4.79 Å². The maximum atomic E-state index is 10.5. The Hall–Kier alpha value is -0.830. The Kier molecular flexibility index (Phi) is 6.24. The van der Waals surface area contributed by atoms with Crippen LogP contribution in [0.3, 0.4) is 0 Å². The first-order chi connectivity index (χ1) is 6.07. The number of hydrogen-bond donors (Lipinski definition) is 1. The van der Waals surface area contributed by atoms with Crippen LogP contribution in [0.4, 0.5) is 0 Å². The minimum atomic E-state index is -0.740. The van der Waals surface area contributed by atoms with Crippen LogP contribution in [0.5, 0.6) is 0 Å². The normalized spacial score (nSPS) is 14.9. The summed E-state index contributed by atoms with van der Waals surface area (Å²) in [6, 6.07) is 0. The van der Waals surface area contributed by atoms with Crippen molar-refractivity contribution in [2.45, 2.75) is 32.8 Å². The van der Waals surface area contributed by atoms with Crippen LogP contribution in [0.1, 0.15) is 26.7 Å². The van der Waals surface area contributed by atoms with Gasteiger partial charge in [0.1, 0.15) is 0 Å². The summed E-state index contributed by atoms with van der Waals surface area (Å²) in [5, 5.41) is 8.61. The van der Waals surface area contributed by atoms with E-state index >= 15 is 0 Å². The molecule has 0 saturated heterocycles. The third kappa shape index (κ3) is 6.34. The summed E-state index contributed by atoms with van der Waals surface area (Å²) < 4.78 is 5.31. The average Bonchev–Trinajstić information content (AvgIpc) is 2.10. The second-order valence-corrected chi connectivity index (χ2v) is 3.25. The standard InChI is InChI=1S/C10H18O3/c1-4-7-13-9(3)6-5-8(2)10(11)12/h4,8-9H,1,5-7H2,2-3H3,(H,11,12). The number of hydrogen-bond acceptors (Lipinski definition) is 2. The van der Waals surface area contributed by atoms with E-state index < -0.39 is 5.97 Å². The number of carboxylic acids is 1. The molecular formula is C10H18O3. The van der Waals surface area contributed by atoms with Gasteiger partial charge < -0.3 is 9.84 Å². The van der Waals surface area contributed by atoms with Crippen molar-refractivity contribution in [2.24, 2.45) is 5.92 Å². The molecule has 2 unspecified atom stereocenters.